The summed E-state index contributed by atoms with van der Waals surface area (Å²) in [5.41, 5.74) is 3.02. The van der Waals surface area contributed by atoms with Gasteiger partial charge in [-0.05, 0) is 101 Å². The lowest BCUT2D eigenvalue weighted by molar-refractivity contribution is -0.140. The Morgan fingerprint density at radius 3 is 2.35 bits per heavy atom. The maximum absolute atomic E-state index is 14.0. The number of aromatic nitrogens is 2. The Morgan fingerprint density at radius 2 is 1.67 bits per heavy atom. The fourth-order valence-electron chi connectivity index (χ4n) is 7.96. The predicted molar refractivity (Wildman–Crippen MR) is 210 cm³/mol. The molecule has 0 radical (unpaired) electrons. The topological polar surface area (TPSA) is 127 Å². The Hall–Kier alpha value is -4.00. The van der Waals surface area contributed by atoms with Gasteiger partial charge in [0.1, 0.15) is 23.9 Å². The number of carbonyl (C=O) groups excluding carboxylic acids is 2. The van der Waals surface area contributed by atoms with Gasteiger partial charge in [0.2, 0.25) is 11.8 Å². The molecule has 3 aliphatic rings. The molecule has 1 aromatic heterocycles. The van der Waals surface area contributed by atoms with Crippen LogP contribution in [0.4, 0.5) is 22.9 Å². The molecule has 2 aromatic carbocycles. The van der Waals surface area contributed by atoms with Gasteiger partial charge >= 0.3 is 0 Å². The Labute approximate surface area is 309 Å². The van der Waals surface area contributed by atoms with Crippen molar-refractivity contribution in [1.82, 2.24) is 30.4 Å². The molecule has 3 aliphatic heterocycles. The summed E-state index contributed by atoms with van der Waals surface area (Å²) in [6.45, 7) is 14.1. The van der Waals surface area contributed by atoms with Crippen LogP contribution in [-0.2, 0) is 9.59 Å². The number of benzene rings is 2. The first kappa shape index (κ1) is 37.7. The molecule has 4 heterocycles. The number of likely N-dealkylation sites (N-methyl/N-ethyl adjacent to an activating group) is 1. The summed E-state index contributed by atoms with van der Waals surface area (Å²) in [5, 5.41) is 14.0. The Morgan fingerprint density at radius 1 is 0.942 bits per heavy atom. The van der Waals surface area contributed by atoms with Crippen LogP contribution in [-0.4, -0.2) is 109 Å². The minimum atomic E-state index is -0.583. The number of hydrogen-bond donors (Lipinski definition) is 4. The second kappa shape index (κ2) is 16.8. The summed E-state index contributed by atoms with van der Waals surface area (Å²) in [5.74, 6) is 0.837. The van der Waals surface area contributed by atoms with Crippen LogP contribution in [0.2, 0.25) is 0 Å². The third-order valence-electron chi connectivity index (χ3n) is 11.2. The van der Waals surface area contributed by atoms with Crippen LogP contribution in [0.1, 0.15) is 72.6 Å². The maximum Gasteiger partial charge on any atom is 0.247 e. The van der Waals surface area contributed by atoms with Gasteiger partial charge in [-0.15, -0.1) is 0 Å². The number of hydrogen-bond acceptors (Lipinski definition) is 10. The number of rotatable bonds is 12. The van der Waals surface area contributed by atoms with Gasteiger partial charge < -0.3 is 40.7 Å². The first-order valence-electron chi connectivity index (χ1n) is 19.3. The highest BCUT2D eigenvalue weighted by Gasteiger charge is 2.41. The lowest BCUT2D eigenvalue weighted by Crippen LogP contribution is -2.57. The number of fused-ring (bicyclic) bond motifs is 1. The van der Waals surface area contributed by atoms with Crippen molar-refractivity contribution in [3.8, 4) is 5.75 Å². The average molecular weight is 714 g/mol. The molecule has 282 valence electrons. The number of carbonyl (C=O) groups is 2. The highest BCUT2D eigenvalue weighted by atomic mass is 16.5. The number of anilines is 4. The van der Waals surface area contributed by atoms with Crippen LogP contribution in [0, 0.1) is 5.41 Å². The van der Waals surface area contributed by atoms with E-state index >= 15 is 0 Å². The largest absolute Gasteiger partial charge is 0.494 e. The summed E-state index contributed by atoms with van der Waals surface area (Å²) in [6.07, 6.45) is 9.39. The standard InChI is InChI=1S/C40H59N9O3/c1-27(41-5)25-42-36(40(2,3)4)39(51)49-20-10-11-34(49)38(50)46-33-23-31-32(24-35(33)52-6)43-26-44-37(31)45-28-12-14-29(15-13-28)48-21-16-30(17-22-48)47-18-8-7-9-19-47/h12-15,23-24,26-27,30,34,36,41-42H,7-11,16-22,25H2,1-6H3,(H,46,50)(H,43,44,45)/t27-,34-,36+/m0/s1. The first-order valence-corrected chi connectivity index (χ1v) is 19.3. The number of methoxy groups -OCH3 is 1. The van der Waals surface area contributed by atoms with Crippen LogP contribution >= 0.6 is 0 Å². The molecule has 3 aromatic rings. The van der Waals surface area contributed by atoms with Gasteiger partial charge in [-0.2, -0.15) is 0 Å². The second-order valence-electron chi connectivity index (χ2n) is 15.9. The lowest BCUT2D eigenvalue weighted by atomic mass is 9.85. The predicted octanol–water partition coefficient (Wildman–Crippen LogP) is 5.38. The van der Waals surface area contributed by atoms with Crippen LogP contribution in [0.5, 0.6) is 5.75 Å². The smallest absolute Gasteiger partial charge is 0.247 e. The van der Waals surface area contributed by atoms with E-state index in [0.29, 0.717) is 42.3 Å². The van der Waals surface area contributed by atoms with Crippen molar-refractivity contribution in [3.05, 3.63) is 42.7 Å². The Kier molecular flexibility index (Phi) is 12.2. The molecule has 3 atom stereocenters. The zero-order chi connectivity index (χ0) is 36.8. The van der Waals surface area contributed by atoms with E-state index in [1.54, 1.807) is 12.0 Å². The molecule has 2 amide bonds. The second-order valence-corrected chi connectivity index (χ2v) is 15.9. The summed E-state index contributed by atoms with van der Waals surface area (Å²) in [6, 6.07) is 12.1. The van der Waals surface area contributed by atoms with E-state index in [4.69, 9.17) is 4.74 Å². The van der Waals surface area contributed by atoms with Gasteiger partial charge in [0, 0.05) is 61.1 Å². The summed E-state index contributed by atoms with van der Waals surface area (Å²) in [4.78, 5) is 43.9. The van der Waals surface area contributed by atoms with E-state index in [9.17, 15) is 9.59 Å². The van der Waals surface area contributed by atoms with Gasteiger partial charge in [0.05, 0.1) is 24.4 Å². The fraction of sp³-hybridized carbons (Fsp3) is 0.600. The third kappa shape index (κ3) is 8.78. The molecule has 0 spiro atoms. The van der Waals surface area contributed by atoms with Gasteiger partial charge in [0.25, 0.3) is 0 Å². The molecule has 3 saturated heterocycles. The van der Waals surface area contributed by atoms with E-state index < -0.39 is 12.1 Å². The lowest BCUT2D eigenvalue weighted by Gasteiger charge is -2.41. The first-order chi connectivity index (χ1) is 25.0. The van der Waals surface area contributed by atoms with Crippen molar-refractivity contribution in [2.24, 2.45) is 5.41 Å². The van der Waals surface area contributed by atoms with E-state index in [1.807, 2.05) is 19.2 Å². The number of amides is 2. The highest BCUT2D eigenvalue weighted by Crippen LogP contribution is 2.35. The molecular weight excluding hydrogens is 654 g/mol. The molecule has 12 heteroatoms. The van der Waals surface area contributed by atoms with Crippen molar-refractivity contribution in [2.75, 3.05) is 69.0 Å². The van der Waals surface area contributed by atoms with E-state index in [1.165, 1.54) is 57.2 Å². The van der Waals surface area contributed by atoms with Crippen molar-refractivity contribution in [2.45, 2.75) is 96.8 Å². The normalized spacial score (nSPS) is 20.2. The summed E-state index contributed by atoms with van der Waals surface area (Å²) in [7, 11) is 3.48. The molecule has 0 saturated carbocycles. The van der Waals surface area contributed by atoms with Crippen LogP contribution in [0.25, 0.3) is 10.9 Å². The van der Waals surface area contributed by atoms with Gasteiger partial charge in [-0.1, -0.05) is 27.2 Å². The monoisotopic (exact) mass is 713 g/mol. The molecule has 0 bridgehead atoms. The van der Waals surface area contributed by atoms with Crippen molar-refractivity contribution in [3.63, 3.8) is 0 Å². The molecule has 6 rings (SSSR count). The van der Waals surface area contributed by atoms with Gasteiger partial charge in [0.15, 0.2) is 0 Å². The quantitative estimate of drug-likeness (QED) is 0.195. The van der Waals surface area contributed by atoms with Crippen molar-refractivity contribution >= 4 is 45.6 Å². The minimum absolute atomic E-state index is 0.0493. The van der Waals surface area contributed by atoms with E-state index in [0.717, 1.165) is 36.6 Å². The Bertz CT molecular complexity index is 1660. The number of nitrogens with one attached hydrogen (secondary N) is 4. The molecular formula is C40H59N9O3. The average Bonchev–Trinajstić information content (AvgIpc) is 3.66. The maximum atomic E-state index is 14.0. The summed E-state index contributed by atoms with van der Waals surface area (Å²) < 4.78 is 5.71. The molecule has 12 nitrogen and oxygen atoms in total. The third-order valence-corrected chi connectivity index (χ3v) is 11.2. The fourth-order valence-corrected chi connectivity index (χ4v) is 7.96. The van der Waals surface area contributed by atoms with Gasteiger partial charge in [-0.25, -0.2) is 9.97 Å². The SMILES string of the molecule is CN[C@@H](C)CN[C@H](C(=O)N1CCC[C@H]1C(=O)Nc1cc2c(Nc3ccc(N4CCC(N5CCCCC5)CC4)cc3)ncnc2cc1OC)C(C)(C)C. The number of likely N-dealkylation sites (tertiary alicyclic amines) is 2. The van der Waals surface area contributed by atoms with E-state index in [2.05, 4.69) is 93.0 Å². The van der Waals surface area contributed by atoms with E-state index in [-0.39, 0.29) is 23.3 Å². The van der Waals surface area contributed by atoms with Gasteiger partial charge in [-0.3, -0.25) is 9.59 Å². The number of piperidine rings is 2. The molecule has 0 unspecified atom stereocenters. The molecule has 52 heavy (non-hydrogen) atoms. The molecule has 3 fully saturated rings. The highest BCUT2D eigenvalue weighted by molar-refractivity contribution is 6.02. The van der Waals surface area contributed by atoms with Crippen molar-refractivity contribution < 1.29 is 14.3 Å². The Balaban J connectivity index is 1.14. The zero-order valence-electron chi connectivity index (χ0n) is 32.0. The van der Waals surface area contributed by atoms with Crippen LogP contribution in [0.15, 0.2) is 42.7 Å². The van der Waals surface area contributed by atoms with Crippen LogP contribution < -0.4 is 30.9 Å². The number of nitrogens with zero attached hydrogens (tertiary/aromatic N) is 5. The zero-order valence-corrected chi connectivity index (χ0v) is 32.0. The molecule has 0 aliphatic carbocycles. The molecule has 4 N–H and O–H groups in total. The number of ether oxygens (including phenoxy) is 1. The minimum Gasteiger partial charge on any atom is -0.494 e. The van der Waals surface area contributed by atoms with Crippen LogP contribution in [0.3, 0.4) is 0 Å². The van der Waals surface area contributed by atoms with Crippen molar-refractivity contribution in [1.29, 1.82) is 0 Å². The summed E-state index contributed by atoms with van der Waals surface area (Å²) >= 11 is 0.